The van der Waals surface area contributed by atoms with E-state index in [0.717, 1.165) is 27.4 Å². The van der Waals surface area contributed by atoms with Crippen molar-refractivity contribution in [3.05, 3.63) is 83.9 Å². The summed E-state index contributed by atoms with van der Waals surface area (Å²) in [5.41, 5.74) is 3.84. The number of hydrogen-bond acceptors (Lipinski definition) is 1. The second-order valence-electron chi connectivity index (χ2n) is 5.53. The van der Waals surface area contributed by atoms with Gasteiger partial charge in [0.1, 0.15) is 4.83 Å². The number of benzene rings is 3. The van der Waals surface area contributed by atoms with Gasteiger partial charge in [-0.15, -0.1) is 0 Å². The maximum absolute atomic E-state index is 12.8. The number of carbonyl (C=O) groups excluding carboxylic acids is 1. The number of aromatic amines is 1. The number of halogens is 1. The molecule has 0 fully saturated rings. The first-order valence-corrected chi connectivity index (χ1v) is 8.40. The van der Waals surface area contributed by atoms with Crippen LogP contribution in [0.15, 0.2) is 72.8 Å². The zero-order valence-corrected chi connectivity index (χ0v) is 13.9. The number of alkyl halides is 1. The predicted octanol–water partition coefficient (Wildman–Crippen LogP) is 5.64. The van der Waals surface area contributed by atoms with Crippen LogP contribution in [0.4, 0.5) is 0 Å². The summed E-state index contributed by atoms with van der Waals surface area (Å²) in [5.74, 6) is 0.0726. The molecule has 1 heterocycles. The summed E-state index contributed by atoms with van der Waals surface area (Å²) in [6.45, 7) is 0. The van der Waals surface area contributed by atoms with Crippen molar-refractivity contribution in [2.75, 3.05) is 0 Å². The SMILES string of the molecule is O=C(c1ccccc1)C(Br)c1cccc2[nH]c3ccccc3c12. The van der Waals surface area contributed by atoms with Gasteiger partial charge in [-0.3, -0.25) is 4.79 Å². The van der Waals surface area contributed by atoms with Gasteiger partial charge in [-0.05, 0) is 17.7 Å². The van der Waals surface area contributed by atoms with Gasteiger partial charge in [0, 0.05) is 27.4 Å². The molecule has 1 atom stereocenters. The third-order valence-corrected chi connectivity index (χ3v) is 5.03. The van der Waals surface area contributed by atoms with E-state index in [1.165, 1.54) is 0 Å². The minimum atomic E-state index is -0.368. The van der Waals surface area contributed by atoms with Crippen LogP contribution in [0.2, 0.25) is 0 Å². The molecular formula is C20H14BrNO. The highest BCUT2D eigenvalue weighted by Crippen LogP contribution is 2.36. The summed E-state index contributed by atoms with van der Waals surface area (Å²) >= 11 is 3.62. The number of rotatable bonds is 3. The molecule has 0 amide bonds. The molecule has 0 aliphatic carbocycles. The minimum absolute atomic E-state index is 0.0726. The number of nitrogens with one attached hydrogen (secondary N) is 1. The lowest BCUT2D eigenvalue weighted by molar-refractivity contribution is 0.0992. The summed E-state index contributed by atoms with van der Waals surface area (Å²) in [7, 11) is 0. The first-order chi connectivity index (χ1) is 11.3. The average Bonchev–Trinajstić information content (AvgIpc) is 3.00. The molecule has 0 saturated carbocycles. The Hall–Kier alpha value is -2.39. The molecule has 3 heteroatoms. The predicted molar refractivity (Wildman–Crippen MR) is 98.2 cm³/mol. The number of fused-ring (bicyclic) bond motifs is 3. The smallest absolute Gasteiger partial charge is 0.180 e. The number of ketones is 1. The molecule has 0 saturated heterocycles. The van der Waals surface area contributed by atoms with Crippen LogP contribution in [0.1, 0.15) is 20.7 Å². The average molecular weight is 364 g/mol. The van der Waals surface area contributed by atoms with Gasteiger partial charge in [0.25, 0.3) is 0 Å². The van der Waals surface area contributed by atoms with Crippen LogP contribution < -0.4 is 0 Å². The molecule has 1 aromatic heterocycles. The molecule has 0 aliphatic heterocycles. The van der Waals surface area contributed by atoms with Gasteiger partial charge < -0.3 is 4.98 Å². The monoisotopic (exact) mass is 363 g/mol. The molecule has 0 radical (unpaired) electrons. The van der Waals surface area contributed by atoms with Crippen molar-refractivity contribution in [3.8, 4) is 0 Å². The van der Waals surface area contributed by atoms with Gasteiger partial charge >= 0.3 is 0 Å². The molecular weight excluding hydrogens is 350 g/mol. The van der Waals surface area contributed by atoms with Crippen molar-refractivity contribution < 1.29 is 4.79 Å². The third-order valence-electron chi connectivity index (χ3n) is 4.12. The topological polar surface area (TPSA) is 32.9 Å². The van der Waals surface area contributed by atoms with Crippen LogP contribution in [-0.2, 0) is 0 Å². The number of para-hydroxylation sites is 1. The molecule has 112 valence electrons. The van der Waals surface area contributed by atoms with Gasteiger partial charge in [0.2, 0.25) is 0 Å². The zero-order valence-electron chi connectivity index (χ0n) is 12.3. The lowest BCUT2D eigenvalue weighted by Gasteiger charge is -2.11. The second kappa shape index (κ2) is 5.67. The van der Waals surface area contributed by atoms with Crippen molar-refractivity contribution in [2.24, 2.45) is 0 Å². The van der Waals surface area contributed by atoms with Crippen LogP contribution in [0.25, 0.3) is 21.8 Å². The van der Waals surface area contributed by atoms with Gasteiger partial charge in [-0.2, -0.15) is 0 Å². The highest BCUT2D eigenvalue weighted by Gasteiger charge is 2.22. The molecule has 4 rings (SSSR count). The molecule has 1 unspecified atom stereocenters. The number of H-pyrrole nitrogens is 1. The normalized spacial score (nSPS) is 12.6. The fourth-order valence-corrected chi connectivity index (χ4v) is 3.68. The lowest BCUT2D eigenvalue weighted by Crippen LogP contribution is -2.07. The molecule has 0 aliphatic rings. The summed E-state index contributed by atoms with van der Waals surface area (Å²) in [5, 5.41) is 2.25. The molecule has 2 nitrogen and oxygen atoms in total. The Morgan fingerprint density at radius 1 is 0.826 bits per heavy atom. The molecule has 0 bridgehead atoms. The Morgan fingerprint density at radius 2 is 1.52 bits per heavy atom. The Labute approximate surface area is 142 Å². The van der Waals surface area contributed by atoms with Crippen molar-refractivity contribution >= 4 is 43.5 Å². The molecule has 4 aromatic rings. The zero-order chi connectivity index (χ0) is 15.8. The molecule has 3 aromatic carbocycles. The lowest BCUT2D eigenvalue weighted by atomic mass is 9.98. The van der Waals surface area contributed by atoms with E-state index in [-0.39, 0.29) is 10.6 Å². The van der Waals surface area contributed by atoms with Gasteiger partial charge in [0.05, 0.1) is 0 Å². The highest BCUT2D eigenvalue weighted by molar-refractivity contribution is 9.09. The van der Waals surface area contributed by atoms with Crippen molar-refractivity contribution in [1.82, 2.24) is 4.98 Å². The van der Waals surface area contributed by atoms with Crippen LogP contribution in [0, 0.1) is 0 Å². The third kappa shape index (κ3) is 2.37. The molecule has 23 heavy (non-hydrogen) atoms. The van der Waals surface area contributed by atoms with Crippen LogP contribution >= 0.6 is 15.9 Å². The van der Waals surface area contributed by atoms with Crippen LogP contribution in [0.5, 0.6) is 0 Å². The summed E-state index contributed by atoms with van der Waals surface area (Å²) in [6.07, 6.45) is 0. The van der Waals surface area contributed by atoms with Crippen molar-refractivity contribution in [1.29, 1.82) is 0 Å². The van der Waals surface area contributed by atoms with E-state index in [0.29, 0.717) is 5.56 Å². The van der Waals surface area contributed by atoms with Crippen LogP contribution in [-0.4, -0.2) is 10.8 Å². The van der Waals surface area contributed by atoms with E-state index in [1.807, 2.05) is 60.7 Å². The largest absolute Gasteiger partial charge is 0.355 e. The quantitative estimate of drug-likeness (QED) is 0.370. The Kier molecular flexibility index (Phi) is 3.50. The fraction of sp³-hybridized carbons (Fsp3) is 0.0500. The maximum Gasteiger partial charge on any atom is 0.180 e. The van der Waals surface area contributed by atoms with E-state index in [2.05, 4.69) is 33.0 Å². The van der Waals surface area contributed by atoms with E-state index >= 15 is 0 Å². The first-order valence-electron chi connectivity index (χ1n) is 7.48. The Balaban J connectivity index is 1.90. The van der Waals surface area contributed by atoms with Gasteiger partial charge in [-0.25, -0.2) is 0 Å². The minimum Gasteiger partial charge on any atom is -0.355 e. The van der Waals surface area contributed by atoms with Gasteiger partial charge in [-0.1, -0.05) is 76.6 Å². The Morgan fingerprint density at radius 3 is 2.35 bits per heavy atom. The van der Waals surface area contributed by atoms with E-state index in [9.17, 15) is 4.79 Å². The molecule has 1 N–H and O–H groups in total. The number of aromatic nitrogens is 1. The highest BCUT2D eigenvalue weighted by atomic mass is 79.9. The number of carbonyl (C=O) groups is 1. The van der Waals surface area contributed by atoms with Crippen molar-refractivity contribution in [3.63, 3.8) is 0 Å². The van der Waals surface area contributed by atoms with E-state index < -0.39 is 0 Å². The van der Waals surface area contributed by atoms with E-state index in [1.54, 1.807) is 0 Å². The van der Waals surface area contributed by atoms with Crippen molar-refractivity contribution in [2.45, 2.75) is 4.83 Å². The standard InChI is InChI=1S/C20H14BrNO/c21-19(20(23)13-7-2-1-3-8-13)15-10-6-12-17-18(15)14-9-4-5-11-16(14)22-17/h1-12,19,22H. The maximum atomic E-state index is 12.8. The number of hydrogen-bond donors (Lipinski definition) is 1. The first kappa shape index (κ1) is 14.2. The van der Waals surface area contributed by atoms with Gasteiger partial charge in [0.15, 0.2) is 5.78 Å². The second-order valence-corrected chi connectivity index (χ2v) is 6.45. The molecule has 0 spiro atoms. The Bertz CT molecular complexity index is 1000. The summed E-state index contributed by atoms with van der Waals surface area (Å²) < 4.78 is 0. The number of Topliss-reactive ketones (excluding diaryl/α,β-unsaturated/α-hetero) is 1. The van der Waals surface area contributed by atoms with Crippen LogP contribution in [0.3, 0.4) is 0 Å². The summed E-state index contributed by atoms with van der Waals surface area (Å²) in [6, 6.07) is 23.6. The van der Waals surface area contributed by atoms with E-state index in [4.69, 9.17) is 0 Å². The fourth-order valence-electron chi connectivity index (χ4n) is 3.03. The summed E-state index contributed by atoms with van der Waals surface area (Å²) in [4.78, 5) is 15.8.